The zero-order chi connectivity index (χ0) is 21.0. The molecule has 1 aliphatic rings. The van der Waals surface area contributed by atoms with Gasteiger partial charge in [-0.25, -0.2) is 4.79 Å². The van der Waals surface area contributed by atoms with E-state index in [2.05, 4.69) is 20.4 Å². The summed E-state index contributed by atoms with van der Waals surface area (Å²) in [6, 6.07) is 6.84. The van der Waals surface area contributed by atoms with Gasteiger partial charge in [-0.2, -0.15) is 18.3 Å². The Morgan fingerprint density at radius 3 is 2.83 bits per heavy atom. The third-order valence-electron chi connectivity index (χ3n) is 4.93. The van der Waals surface area contributed by atoms with E-state index in [9.17, 15) is 18.0 Å². The molecule has 1 fully saturated rings. The lowest BCUT2D eigenvalue weighted by Gasteiger charge is -2.37. The van der Waals surface area contributed by atoms with E-state index in [0.29, 0.717) is 12.1 Å². The molecule has 1 atom stereocenters. The highest BCUT2D eigenvalue weighted by Gasteiger charge is 2.33. The molecule has 0 aliphatic carbocycles. The summed E-state index contributed by atoms with van der Waals surface area (Å²) in [4.78, 5) is 16.2. The summed E-state index contributed by atoms with van der Waals surface area (Å²) in [6.07, 6.45) is -1.13. The maximum atomic E-state index is 12.8. The Morgan fingerprint density at radius 1 is 1.38 bits per heavy atom. The van der Waals surface area contributed by atoms with Crippen LogP contribution in [0.4, 0.5) is 23.8 Å². The molecule has 1 aromatic heterocycles. The van der Waals surface area contributed by atoms with Gasteiger partial charge in [0.15, 0.2) is 5.82 Å². The van der Waals surface area contributed by atoms with Gasteiger partial charge < -0.3 is 15.1 Å². The number of benzene rings is 1. The molecule has 1 N–H and O–H groups in total. The van der Waals surface area contributed by atoms with Crippen LogP contribution in [-0.2, 0) is 12.7 Å². The molecule has 2 aromatic rings. The second-order valence-corrected chi connectivity index (χ2v) is 7.31. The number of halogens is 4. The van der Waals surface area contributed by atoms with Crippen molar-refractivity contribution >= 4 is 23.4 Å². The standard InChI is InChI=1S/C19H21ClF3N5O/c1-27(14-4-3-9-28(12-14)17-5-2-8-25-26-17)18(29)24-11-13-6-7-15(16(20)10-13)19(21,22)23/h2,5-8,10,14H,3-4,9,11-12H2,1H3,(H,24,29)/t14-/m1/s1. The summed E-state index contributed by atoms with van der Waals surface area (Å²) in [5, 5.41) is 10.4. The first-order valence-corrected chi connectivity index (χ1v) is 9.52. The molecule has 6 nitrogen and oxygen atoms in total. The van der Waals surface area contributed by atoms with Gasteiger partial charge in [0.1, 0.15) is 0 Å². The van der Waals surface area contributed by atoms with Gasteiger partial charge in [-0.1, -0.05) is 17.7 Å². The maximum Gasteiger partial charge on any atom is 0.417 e. The van der Waals surface area contributed by atoms with E-state index in [4.69, 9.17) is 11.6 Å². The maximum absolute atomic E-state index is 12.8. The van der Waals surface area contributed by atoms with Gasteiger partial charge in [-0.15, -0.1) is 5.10 Å². The normalized spacial score (nSPS) is 17.1. The number of rotatable bonds is 4. The highest BCUT2D eigenvalue weighted by atomic mass is 35.5. The quantitative estimate of drug-likeness (QED) is 0.802. The van der Waals surface area contributed by atoms with E-state index in [1.54, 1.807) is 18.1 Å². The van der Waals surface area contributed by atoms with Gasteiger partial charge in [0.2, 0.25) is 0 Å². The molecule has 1 aromatic carbocycles. The second kappa shape index (κ2) is 8.86. The molecule has 0 radical (unpaired) electrons. The van der Waals surface area contributed by atoms with Crippen LogP contribution in [0.5, 0.6) is 0 Å². The van der Waals surface area contributed by atoms with Crippen LogP contribution in [0.3, 0.4) is 0 Å². The fourth-order valence-corrected chi connectivity index (χ4v) is 3.62. The molecular weight excluding hydrogens is 407 g/mol. The number of nitrogens with zero attached hydrogens (tertiary/aromatic N) is 4. The van der Waals surface area contributed by atoms with Gasteiger partial charge in [0.05, 0.1) is 16.6 Å². The number of amides is 2. The minimum atomic E-state index is -4.50. The zero-order valence-corrected chi connectivity index (χ0v) is 16.5. The number of anilines is 1. The summed E-state index contributed by atoms with van der Waals surface area (Å²) in [7, 11) is 1.71. The zero-order valence-electron chi connectivity index (χ0n) is 15.8. The number of likely N-dealkylation sites (N-methyl/N-ethyl adjacent to an activating group) is 1. The number of alkyl halides is 3. The van der Waals surface area contributed by atoms with Crippen LogP contribution >= 0.6 is 11.6 Å². The van der Waals surface area contributed by atoms with Crippen molar-refractivity contribution in [1.82, 2.24) is 20.4 Å². The Labute approximate surface area is 171 Å². The number of carbonyl (C=O) groups excluding carboxylic acids is 1. The predicted molar refractivity (Wildman–Crippen MR) is 104 cm³/mol. The molecule has 1 saturated heterocycles. The molecule has 1 aliphatic heterocycles. The average molecular weight is 428 g/mol. The third-order valence-corrected chi connectivity index (χ3v) is 5.24. The number of carbonyl (C=O) groups is 1. The average Bonchev–Trinajstić information content (AvgIpc) is 2.71. The number of hydrogen-bond donors (Lipinski definition) is 1. The minimum absolute atomic E-state index is 0.0121. The third kappa shape index (κ3) is 5.29. The predicted octanol–water partition coefficient (Wildman–Crippen LogP) is 3.96. The van der Waals surface area contributed by atoms with Crippen molar-refractivity contribution in [2.45, 2.75) is 31.6 Å². The number of aromatic nitrogens is 2. The van der Waals surface area contributed by atoms with Crippen LogP contribution in [0.2, 0.25) is 5.02 Å². The lowest BCUT2D eigenvalue weighted by molar-refractivity contribution is -0.137. The first-order chi connectivity index (χ1) is 13.8. The van der Waals surface area contributed by atoms with Gasteiger partial charge >= 0.3 is 12.2 Å². The highest BCUT2D eigenvalue weighted by molar-refractivity contribution is 6.31. The summed E-state index contributed by atoms with van der Waals surface area (Å²) in [5.74, 6) is 0.769. The van der Waals surface area contributed by atoms with Gasteiger partial charge in [0.25, 0.3) is 0 Å². The smallest absolute Gasteiger partial charge is 0.353 e. The van der Waals surface area contributed by atoms with Crippen LogP contribution in [0.15, 0.2) is 36.5 Å². The Bertz CT molecular complexity index is 849. The van der Waals surface area contributed by atoms with E-state index in [1.807, 2.05) is 12.1 Å². The van der Waals surface area contributed by atoms with Crippen molar-refractivity contribution in [2.24, 2.45) is 0 Å². The Morgan fingerprint density at radius 2 is 2.17 bits per heavy atom. The molecule has 2 heterocycles. The van der Waals surface area contributed by atoms with E-state index in [-0.39, 0.29) is 23.6 Å². The monoisotopic (exact) mass is 427 g/mol. The SMILES string of the molecule is CN(C(=O)NCc1ccc(C(F)(F)F)c(Cl)c1)[C@@H]1CCCN(c2cccnn2)C1. The number of nitrogens with one attached hydrogen (secondary N) is 1. The molecular formula is C19H21ClF3N5O. The van der Waals surface area contributed by atoms with Crippen molar-refractivity contribution in [2.75, 3.05) is 25.0 Å². The Kier molecular flexibility index (Phi) is 6.46. The van der Waals surface area contributed by atoms with E-state index in [1.165, 1.54) is 12.1 Å². The highest BCUT2D eigenvalue weighted by Crippen LogP contribution is 2.34. The van der Waals surface area contributed by atoms with Crippen LogP contribution in [0.1, 0.15) is 24.0 Å². The van der Waals surface area contributed by atoms with Crippen molar-refractivity contribution in [1.29, 1.82) is 0 Å². The molecule has 0 unspecified atom stereocenters. The molecule has 0 spiro atoms. The largest absolute Gasteiger partial charge is 0.417 e. The van der Waals surface area contributed by atoms with E-state index < -0.39 is 11.7 Å². The number of hydrogen-bond acceptors (Lipinski definition) is 4. The van der Waals surface area contributed by atoms with Crippen LogP contribution < -0.4 is 10.2 Å². The second-order valence-electron chi connectivity index (χ2n) is 6.91. The van der Waals surface area contributed by atoms with Crippen molar-refractivity contribution < 1.29 is 18.0 Å². The lowest BCUT2D eigenvalue weighted by Crippen LogP contribution is -2.51. The lowest BCUT2D eigenvalue weighted by atomic mass is 10.0. The molecule has 0 saturated carbocycles. The van der Waals surface area contributed by atoms with E-state index in [0.717, 1.165) is 31.3 Å². The number of piperidine rings is 1. The summed E-state index contributed by atoms with van der Waals surface area (Å²) in [5.41, 5.74) is -0.396. The van der Waals surface area contributed by atoms with Crippen LogP contribution in [0.25, 0.3) is 0 Å². The van der Waals surface area contributed by atoms with Crippen molar-refractivity contribution in [3.8, 4) is 0 Å². The molecule has 3 rings (SSSR count). The van der Waals surface area contributed by atoms with Crippen molar-refractivity contribution in [3.05, 3.63) is 52.7 Å². The van der Waals surface area contributed by atoms with Crippen LogP contribution in [0, 0.1) is 0 Å². The van der Waals surface area contributed by atoms with Crippen LogP contribution in [-0.4, -0.2) is 47.3 Å². The first-order valence-electron chi connectivity index (χ1n) is 9.14. The summed E-state index contributed by atoms with van der Waals surface area (Å²) >= 11 is 5.73. The minimum Gasteiger partial charge on any atom is -0.353 e. The Hall–Kier alpha value is -2.55. The van der Waals surface area contributed by atoms with Crippen molar-refractivity contribution in [3.63, 3.8) is 0 Å². The first kappa shape index (κ1) is 21.2. The van der Waals surface area contributed by atoms with E-state index >= 15 is 0 Å². The fourth-order valence-electron chi connectivity index (χ4n) is 3.31. The molecule has 29 heavy (non-hydrogen) atoms. The summed E-state index contributed by atoms with van der Waals surface area (Å²) < 4.78 is 38.4. The van der Waals surface area contributed by atoms with Gasteiger partial charge in [0, 0.05) is 32.9 Å². The fraction of sp³-hybridized carbons (Fsp3) is 0.421. The number of urea groups is 1. The van der Waals surface area contributed by atoms with Gasteiger partial charge in [-0.05, 0) is 42.7 Å². The molecule has 0 bridgehead atoms. The summed E-state index contributed by atoms with van der Waals surface area (Å²) in [6.45, 7) is 1.56. The topological polar surface area (TPSA) is 61.4 Å². The van der Waals surface area contributed by atoms with Gasteiger partial charge in [-0.3, -0.25) is 0 Å². The molecule has 10 heteroatoms. The molecule has 156 valence electrons. The molecule has 2 amide bonds. The Balaban J connectivity index is 1.57.